The molecule has 0 aliphatic carbocycles. The summed E-state index contributed by atoms with van der Waals surface area (Å²) in [5.74, 6) is -0.597. The maximum atomic E-state index is 13.0. The standard InChI is InChI=1S/C16H14BrF2NO/c17-9-10-21-20-16(13-3-7-15(19)8-4-13)11-12-1-5-14(18)6-2-12/h1-8,11,20H,9-10H2. The van der Waals surface area contributed by atoms with Gasteiger partial charge in [-0.3, -0.25) is 10.3 Å². The summed E-state index contributed by atoms with van der Waals surface area (Å²) in [6.45, 7) is 0.474. The lowest BCUT2D eigenvalue weighted by Crippen LogP contribution is -2.14. The number of benzene rings is 2. The highest BCUT2D eigenvalue weighted by Crippen LogP contribution is 2.17. The van der Waals surface area contributed by atoms with Crippen LogP contribution in [0.5, 0.6) is 0 Å². The summed E-state index contributed by atoms with van der Waals surface area (Å²) in [5, 5.41) is 0.688. The van der Waals surface area contributed by atoms with Crippen molar-refractivity contribution in [3.05, 3.63) is 71.3 Å². The number of hydrogen-bond donors (Lipinski definition) is 1. The van der Waals surface area contributed by atoms with Crippen molar-refractivity contribution >= 4 is 27.7 Å². The second-order valence-corrected chi connectivity index (χ2v) is 5.05. The maximum Gasteiger partial charge on any atom is 0.123 e. The van der Waals surface area contributed by atoms with Gasteiger partial charge in [0.05, 0.1) is 12.3 Å². The summed E-state index contributed by atoms with van der Waals surface area (Å²) in [5.41, 5.74) is 5.09. The lowest BCUT2D eigenvalue weighted by Gasteiger charge is -2.11. The van der Waals surface area contributed by atoms with Gasteiger partial charge in [-0.15, -0.1) is 0 Å². The fourth-order valence-electron chi connectivity index (χ4n) is 1.69. The van der Waals surface area contributed by atoms with Gasteiger partial charge in [0, 0.05) is 10.9 Å². The smallest absolute Gasteiger partial charge is 0.123 e. The van der Waals surface area contributed by atoms with Crippen molar-refractivity contribution in [2.75, 3.05) is 11.9 Å². The average Bonchev–Trinajstić information content (AvgIpc) is 2.49. The molecule has 0 bridgehead atoms. The molecular formula is C16H14BrF2NO. The normalized spacial score (nSPS) is 11.5. The molecule has 0 atom stereocenters. The summed E-state index contributed by atoms with van der Waals surface area (Å²) in [7, 11) is 0. The minimum Gasteiger partial charge on any atom is -0.275 e. The number of hydrogen-bond acceptors (Lipinski definition) is 2. The summed E-state index contributed by atoms with van der Waals surface area (Å²) in [4.78, 5) is 5.29. The van der Waals surface area contributed by atoms with Crippen LogP contribution in [0.15, 0.2) is 48.5 Å². The third-order valence-corrected chi connectivity index (χ3v) is 3.02. The topological polar surface area (TPSA) is 21.3 Å². The monoisotopic (exact) mass is 353 g/mol. The lowest BCUT2D eigenvalue weighted by atomic mass is 10.1. The predicted molar refractivity (Wildman–Crippen MR) is 83.6 cm³/mol. The summed E-state index contributed by atoms with van der Waals surface area (Å²) >= 11 is 3.26. The van der Waals surface area contributed by atoms with E-state index in [1.54, 1.807) is 30.3 Å². The Labute approximate surface area is 130 Å². The molecule has 0 spiro atoms. The van der Waals surface area contributed by atoms with Crippen LogP contribution in [0.3, 0.4) is 0 Å². The van der Waals surface area contributed by atoms with E-state index in [9.17, 15) is 8.78 Å². The SMILES string of the molecule is Fc1ccc(C=C(NOCCBr)c2ccc(F)cc2)cc1. The molecule has 2 nitrogen and oxygen atoms in total. The van der Waals surface area contributed by atoms with E-state index in [4.69, 9.17) is 4.84 Å². The van der Waals surface area contributed by atoms with Gasteiger partial charge < -0.3 is 0 Å². The predicted octanol–water partition coefficient (Wildman–Crippen LogP) is 4.38. The Morgan fingerprint density at radius 1 is 1.00 bits per heavy atom. The molecule has 2 aromatic carbocycles. The van der Waals surface area contributed by atoms with Crippen LogP contribution < -0.4 is 5.48 Å². The van der Waals surface area contributed by atoms with E-state index in [0.29, 0.717) is 17.6 Å². The molecule has 0 radical (unpaired) electrons. The van der Waals surface area contributed by atoms with Gasteiger partial charge in [0.25, 0.3) is 0 Å². The third kappa shape index (κ3) is 4.95. The van der Waals surface area contributed by atoms with E-state index in [2.05, 4.69) is 21.4 Å². The van der Waals surface area contributed by atoms with Gasteiger partial charge in [-0.25, -0.2) is 8.78 Å². The summed E-state index contributed by atoms with van der Waals surface area (Å²) in [6.07, 6.45) is 1.81. The number of hydroxylamine groups is 1. The molecule has 2 rings (SSSR count). The quantitative estimate of drug-likeness (QED) is 0.360. The van der Waals surface area contributed by atoms with Crippen LogP contribution >= 0.6 is 15.9 Å². The van der Waals surface area contributed by atoms with Crippen molar-refractivity contribution in [1.82, 2.24) is 5.48 Å². The average molecular weight is 354 g/mol. The second kappa shape index (κ2) is 7.90. The van der Waals surface area contributed by atoms with Gasteiger partial charge in [-0.1, -0.05) is 28.1 Å². The van der Waals surface area contributed by atoms with Gasteiger partial charge in [0.1, 0.15) is 11.6 Å². The van der Waals surface area contributed by atoms with E-state index in [-0.39, 0.29) is 11.6 Å². The van der Waals surface area contributed by atoms with Crippen LogP contribution in [-0.4, -0.2) is 11.9 Å². The Balaban J connectivity index is 2.26. The van der Waals surface area contributed by atoms with Crippen LogP contribution in [0.4, 0.5) is 8.78 Å². The highest BCUT2D eigenvalue weighted by Gasteiger charge is 2.03. The number of nitrogens with one attached hydrogen (secondary N) is 1. The van der Waals surface area contributed by atoms with Crippen LogP contribution in [-0.2, 0) is 4.84 Å². The van der Waals surface area contributed by atoms with E-state index < -0.39 is 0 Å². The maximum absolute atomic E-state index is 13.0. The van der Waals surface area contributed by atoms with Crippen molar-refractivity contribution in [1.29, 1.82) is 0 Å². The van der Waals surface area contributed by atoms with Gasteiger partial charge >= 0.3 is 0 Å². The number of rotatable bonds is 6. The largest absolute Gasteiger partial charge is 0.275 e. The molecule has 0 heterocycles. The second-order valence-electron chi connectivity index (χ2n) is 4.26. The number of halogens is 3. The van der Waals surface area contributed by atoms with Crippen molar-refractivity contribution in [3.8, 4) is 0 Å². The number of alkyl halides is 1. The Bertz CT molecular complexity index is 597. The Morgan fingerprint density at radius 2 is 1.57 bits per heavy atom. The molecular weight excluding hydrogens is 340 g/mol. The molecule has 0 fully saturated rings. The fourth-order valence-corrected chi connectivity index (χ4v) is 1.86. The molecule has 0 saturated carbocycles. The highest BCUT2D eigenvalue weighted by molar-refractivity contribution is 9.09. The first-order valence-electron chi connectivity index (χ1n) is 6.36. The molecule has 21 heavy (non-hydrogen) atoms. The zero-order valence-corrected chi connectivity index (χ0v) is 12.7. The fraction of sp³-hybridized carbons (Fsp3) is 0.125. The van der Waals surface area contributed by atoms with Crippen LogP contribution in [0.2, 0.25) is 0 Å². The molecule has 0 unspecified atom stereocenters. The summed E-state index contributed by atoms with van der Waals surface area (Å²) in [6, 6.07) is 12.1. The van der Waals surface area contributed by atoms with Gasteiger partial charge in [0.2, 0.25) is 0 Å². The van der Waals surface area contributed by atoms with E-state index >= 15 is 0 Å². The highest BCUT2D eigenvalue weighted by atomic mass is 79.9. The Kier molecular flexibility index (Phi) is 5.90. The van der Waals surface area contributed by atoms with Crippen molar-refractivity contribution in [2.24, 2.45) is 0 Å². The van der Waals surface area contributed by atoms with Crippen LogP contribution in [0, 0.1) is 11.6 Å². The van der Waals surface area contributed by atoms with Crippen molar-refractivity contribution in [2.45, 2.75) is 0 Å². The van der Waals surface area contributed by atoms with Gasteiger partial charge in [0.15, 0.2) is 0 Å². The molecule has 0 aliphatic rings. The molecule has 0 aromatic heterocycles. The molecule has 0 aliphatic heterocycles. The molecule has 110 valence electrons. The van der Waals surface area contributed by atoms with E-state index in [1.807, 2.05) is 0 Å². The molecule has 5 heteroatoms. The molecule has 0 saturated heterocycles. The zero-order valence-electron chi connectivity index (χ0n) is 11.2. The first-order chi connectivity index (χ1) is 10.2. The van der Waals surface area contributed by atoms with Crippen LogP contribution in [0.25, 0.3) is 11.8 Å². The van der Waals surface area contributed by atoms with Crippen LogP contribution in [0.1, 0.15) is 11.1 Å². The van der Waals surface area contributed by atoms with E-state index in [0.717, 1.165) is 11.1 Å². The Hall–Kier alpha value is -1.72. The Morgan fingerprint density at radius 3 is 2.14 bits per heavy atom. The zero-order chi connectivity index (χ0) is 15.1. The first-order valence-corrected chi connectivity index (χ1v) is 7.48. The summed E-state index contributed by atoms with van der Waals surface area (Å²) < 4.78 is 25.9. The first kappa shape index (κ1) is 15.7. The molecule has 1 N–H and O–H groups in total. The van der Waals surface area contributed by atoms with Gasteiger partial charge in [-0.05, 0) is 48.0 Å². The lowest BCUT2D eigenvalue weighted by molar-refractivity contribution is 0.0932. The third-order valence-electron chi connectivity index (χ3n) is 2.70. The van der Waals surface area contributed by atoms with E-state index in [1.165, 1.54) is 24.3 Å². The van der Waals surface area contributed by atoms with Crippen molar-refractivity contribution in [3.63, 3.8) is 0 Å². The van der Waals surface area contributed by atoms with Gasteiger partial charge in [-0.2, -0.15) is 0 Å². The molecule has 0 amide bonds. The minimum atomic E-state index is -0.304. The minimum absolute atomic E-state index is 0.293. The molecule has 2 aromatic rings. The van der Waals surface area contributed by atoms with Crippen molar-refractivity contribution < 1.29 is 13.6 Å².